The van der Waals surface area contributed by atoms with E-state index in [1.165, 1.54) is 0 Å². The summed E-state index contributed by atoms with van der Waals surface area (Å²) in [6.45, 7) is 9.58. The largest absolute Gasteiger partial charge is 0.483 e. The van der Waals surface area contributed by atoms with Gasteiger partial charge in [-0.05, 0) is 91.2 Å². The van der Waals surface area contributed by atoms with Crippen molar-refractivity contribution in [2.75, 3.05) is 6.54 Å². The molecule has 5 atom stereocenters. The second-order valence-electron chi connectivity index (χ2n) is 15.5. The van der Waals surface area contributed by atoms with E-state index in [-0.39, 0.29) is 43.4 Å². The van der Waals surface area contributed by atoms with Crippen LogP contribution in [0.2, 0.25) is 0 Å². The Morgan fingerprint density at radius 3 is 2.66 bits per heavy atom. The van der Waals surface area contributed by atoms with E-state index < -0.39 is 40.5 Å². The number of allylic oxidation sites excluding steroid dienone is 2. The van der Waals surface area contributed by atoms with Crippen LogP contribution in [-0.2, 0) is 30.3 Å². The Kier molecular flexibility index (Phi) is 8.72. The van der Waals surface area contributed by atoms with Gasteiger partial charge in [0.15, 0.2) is 5.78 Å². The molecule has 4 aliphatic rings. The third kappa shape index (κ3) is 6.68. The number of rotatable bonds is 3. The zero-order valence-corrected chi connectivity index (χ0v) is 28.4. The van der Waals surface area contributed by atoms with Gasteiger partial charge >= 0.3 is 11.9 Å². The van der Waals surface area contributed by atoms with Crippen LogP contribution in [0.1, 0.15) is 102 Å². The molecule has 6 rings (SSSR count). The first kappa shape index (κ1) is 33.2. The van der Waals surface area contributed by atoms with Gasteiger partial charge in [0.25, 0.3) is 0 Å². The molecule has 47 heavy (non-hydrogen) atoms. The number of pyridine rings is 1. The quantitative estimate of drug-likeness (QED) is 0.299. The molecule has 3 aliphatic heterocycles. The number of carboxylic acid groups (broad SMARTS) is 1. The number of fused-ring (bicyclic) bond motifs is 5. The van der Waals surface area contributed by atoms with Crippen molar-refractivity contribution in [3.05, 3.63) is 47.2 Å². The highest BCUT2D eigenvalue weighted by Gasteiger charge is 2.62. The summed E-state index contributed by atoms with van der Waals surface area (Å²) in [5, 5.41) is 11.3. The van der Waals surface area contributed by atoms with E-state index in [4.69, 9.17) is 14.5 Å². The number of ether oxygens (including phenoxy) is 2. The van der Waals surface area contributed by atoms with Crippen LogP contribution in [0.4, 0.5) is 0 Å². The molecule has 2 fully saturated rings. The fourth-order valence-corrected chi connectivity index (χ4v) is 8.05. The van der Waals surface area contributed by atoms with Gasteiger partial charge in [0, 0.05) is 29.7 Å². The van der Waals surface area contributed by atoms with Gasteiger partial charge in [-0.15, -0.1) is 0 Å². The summed E-state index contributed by atoms with van der Waals surface area (Å²) < 4.78 is 12.5. The highest BCUT2D eigenvalue weighted by molar-refractivity contribution is 5.95. The molecule has 9 nitrogen and oxygen atoms in total. The second kappa shape index (κ2) is 12.4. The van der Waals surface area contributed by atoms with Crippen LogP contribution in [0.5, 0.6) is 5.75 Å². The van der Waals surface area contributed by atoms with Crippen molar-refractivity contribution in [3.8, 4) is 5.75 Å². The van der Waals surface area contributed by atoms with Gasteiger partial charge in [0.2, 0.25) is 5.91 Å². The van der Waals surface area contributed by atoms with E-state index in [0.29, 0.717) is 31.4 Å². The number of Topliss-reactive ketones (excluding diaryl/α,β-unsaturated/α-hetero) is 1. The summed E-state index contributed by atoms with van der Waals surface area (Å²) in [7, 11) is 0. The standard InChI is InChI=1S/C38H48N2O7/c1-23-13-14-29-28(17-23)27-15-16-37(47-33(27)24(2)39-29)20-30-31(41)21-38(35(44)45)19-26(38)12-10-8-6-7-9-11-25(34(43)40(30)22-37)18-32(42)46-36(3,4)5/h10,12-14,17,25-26,30H,6-9,11,15-16,18-22H2,1-5H3,(H,44,45)/b12-10-/t25-,26-,30+,37-,38-/m1/s1. The van der Waals surface area contributed by atoms with E-state index in [9.17, 15) is 24.3 Å². The molecule has 9 heteroatoms. The Hall–Kier alpha value is -3.75. The average Bonchev–Trinajstić information content (AvgIpc) is 3.57. The first-order valence-electron chi connectivity index (χ1n) is 17.2. The maximum atomic E-state index is 14.5. The minimum absolute atomic E-state index is 0.0698. The molecule has 1 saturated heterocycles. The lowest BCUT2D eigenvalue weighted by Crippen LogP contribution is -2.47. The number of hydrogen-bond donors (Lipinski definition) is 1. The number of hydrogen-bond acceptors (Lipinski definition) is 7. The van der Waals surface area contributed by atoms with Crippen molar-refractivity contribution in [2.24, 2.45) is 17.3 Å². The Labute approximate surface area is 277 Å². The number of carbonyl (C=O) groups is 4. The Morgan fingerprint density at radius 2 is 1.91 bits per heavy atom. The summed E-state index contributed by atoms with van der Waals surface area (Å²) in [5.41, 5.74) is 1.23. The predicted molar refractivity (Wildman–Crippen MR) is 177 cm³/mol. The fraction of sp³-hybridized carbons (Fsp3) is 0.605. The number of carbonyl (C=O) groups excluding carboxylic acids is 3. The van der Waals surface area contributed by atoms with Crippen molar-refractivity contribution in [1.29, 1.82) is 0 Å². The van der Waals surface area contributed by atoms with Crippen LogP contribution in [0.15, 0.2) is 30.4 Å². The minimum atomic E-state index is -1.15. The number of esters is 1. The maximum Gasteiger partial charge on any atom is 0.310 e. The number of aliphatic carboxylic acids is 1. The van der Waals surface area contributed by atoms with Gasteiger partial charge in [0.1, 0.15) is 17.0 Å². The lowest BCUT2D eigenvalue weighted by molar-refractivity contribution is -0.159. The van der Waals surface area contributed by atoms with Crippen molar-refractivity contribution >= 4 is 34.5 Å². The molecule has 252 valence electrons. The van der Waals surface area contributed by atoms with Crippen molar-refractivity contribution in [3.63, 3.8) is 0 Å². The third-order valence-corrected chi connectivity index (χ3v) is 10.6. The van der Waals surface area contributed by atoms with Gasteiger partial charge in [-0.2, -0.15) is 0 Å². The van der Waals surface area contributed by atoms with Gasteiger partial charge < -0.3 is 19.5 Å². The molecule has 4 heterocycles. The van der Waals surface area contributed by atoms with Gasteiger partial charge in [-0.3, -0.25) is 19.2 Å². The van der Waals surface area contributed by atoms with E-state index >= 15 is 0 Å². The second-order valence-corrected chi connectivity index (χ2v) is 15.5. The Balaban J connectivity index is 1.35. The lowest BCUT2D eigenvalue weighted by atomic mass is 9.85. The van der Waals surface area contributed by atoms with E-state index in [1.54, 1.807) is 25.7 Å². The first-order valence-corrected chi connectivity index (χ1v) is 17.2. The molecule has 0 radical (unpaired) electrons. The van der Waals surface area contributed by atoms with Crippen molar-refractivity contribution < 1.29 is 33.8 Å². The Morgan fingerprint density at radius 1 is 1.13 bits per heavy atom. The molecule has 1 amide bonds. The summed E-state index contributed by atoms with van der Waals surface area (Å²) in [4.78, 5) is 60.8. The molecule has 1 aromatic heterocycles. The highest BCUT2D eigenvalue weighted by atomic mass is 16.6. The van der Waals surface area contributed by atoms with Gasteiger partial charge in [0.05, 0.1) is 35.6 Å². The summed E-state index contributed by atoms with van der Waals surface area (Å²) in [5.74, 6) is -2.06. The average molecular weight is 645 g/mol. The molecule has 2 aromatic rings. The number of aromatic nitrogens is 1. The van der Waals surface area contributed by atoms with Crippen LogP contribution < -0.4 is 4.74 Å². The number of carboxylic acids is 1. The third-order valence-electron chi connectivity index (χ3n) is 10.6. The molecule has 1 aliphatic carbocycles. The fourth-order valence-electron chi connectivity index (χ4n) is 8.05. The number of amides is 1. The van der Waals surface area contributed by atoms with E-state index in [2.05, 4.69) is 6.07 Å². The lowest BCUT2D eigenvalue weighted by Gasteiger charge is -2.36. The summed E-state index contributed by atoms with van der Waals surface area (Å²) in [6.07, 6.45) is 9.65. The van der Waals surface area contributed by atoms with Crippen molar-refractivity contribution in [2.45, 2.75) is 122 Å². The Bertz CT molecular complexity index is 1640. The monoisotopic (exact) mass is 644 g/mol. The number of ketones is 1. The SMILES string of the molecule is Cc1ccc2nc(C)c3c(c2c1)CC[C@]1(C[C@H]2C(=O)C[C@]4(C(=O)O)C[C@H]4/C=C\CCCCC[C@H](CC(=O)OC(C)(C)C)C(=O)N2C1)O3. The van der Waals surface area contributed by atoms with E-state index in [0.717, 1.165) is 53.4 Å². The van der Waals surface area contributed by atoms with Crippen LogP contribution in [0, 0.1) is 31.1 Å². The number of aryl methyl sites for hydroxylation is 3. The summed E-state index contributed by atoms with van der Waals surface area (Å²) in [6, 6.07) is 5.35. The zero-order chi connectivity index (χ0) is 33.7. The van der Waals surface area contributed by atoms with E-state index in [1.807, 2.05) is 38.1 Å². The van der Waals surface area contributed by atoms with Gasteiger partial charge in [-0.25, -0.2) is 4.98 Å². The summed E-state index contributed by atoms with van der Waals surface area (Å²) >= 11 is 0. The topological polar surface area (TPSA) is 123 Å². The van der Waals surface area contributed by atoms with Crippen LogP contribution in [0.3, 0.4) is 0 Å². The van der Waals surface area contributed by atoms with Crippen molar-refractivity contribution in [1.82, 2.24) is 9.88 Å². The van der Waals surface area contributed by atoms with Crippen LogP contribution in [-0.4, -0.2) is 62.4 Å². The number of benzene rings is 1. The molecule has 1 spiro atoms. The molecule has 0 unspecified atom stereocenters. The number of nitrogens with zero attached hydrogens (tertiary/aromatic N) is 2. The predicted octanol–water partition coefficient (Wildman–Crippen LogP) is 6.43. The first-order chi connectivity index (χ1) is 22.2. The maximum absolute atomic E-state index is 14.5. The minimum Gasteiger partial charge on any atom is -0.483 e. The van der Waals surface area contributed by atoms with Crippen LogP contribution in [0.25, 0.3) is 10.9 Å². The molecule has 1 aromatic carbocycles. The highest BCUT2D eigenvalue weighted by Crippen LogP contribution is 2.57. The zero-order valence-electron chi connectivity index (χ0n) is 28.4. The normalized spacial score (nSPS) is 30.4. The van der Waals surface area contributed by atoms with Gasteiger partial charge in [-0.1, -0.05) is 36.6 Å². The smallest absolute Gasteiger partial charge is 0.310 e. The molecule has 0 bridgehead atoms. The molecular formula is C38H48N2O7. The van der Waals surface area contributed by atoms with Crippen LogP contribution >= 0.6 is 0 Å². The molecule has 1 saturated carbocycles. The molecular weight excluding hydrogens is 596 g/mol. The molecule has 1 N–H and O–H groups in total.